The molecule has 1 aromatic heterocycles. The molecule has 0 amide bonds. The lowest BCUT2D eigenvalue weighted by atomic mass is 10.4. The van der Waals surface area contributed by atoms with Crippen molar-refractivity contribution < 1.29 is 0 Å². The first-order chi connectivity index (χ1) is 7.16. The highest BCUT2D eigenvalue weighted by Gasteiger charge is 2.01. The van der Waals surface area contributed by atoms with Crippen molar-refractivity contribution in [1.82, 2.24) is 14.5 Å². The van der Waals surface area contributed by atoms with Gasteiger partial charge in [-0.05, 0) is 13.0 Å². The first-order valence-corrected chi connectivity index (χ1v) is 5.14. The van der Waals surface area contributed by atoms with Gasteiger partial charge < -0.3 is 9.88 Å². The van der Waals surface area contributed by atoms with E-state index in [0.29, 0.717) is 13.1 Å². The van der Waals surface area contributed by atoms with E-state index in [0.717, 1.165) is 13.0 Å². The van der Waals surface area contributed by atoms with Crippen LogP contribution in [0.15, 0.2) is 21.9 Å². The van der Waals surface area contributed by atoms with Crippen LogP contribution in [0.2, 0.25) is 0 Å². The van der Waals surface area contributed by atoms with Gasteiger partial charge in [0.2, 0.25) is 0 Å². The second kappa shape index (κ2) is 5.50. The summed E-state index contributed by atoms with van der Waals surface area (Å²) in [5, 5.41) is 3.15. The molecule has 0 saturated heterocycles. The zero-order valence-electron chi connectivity index (χ0n) is 9.19. The Morgan fingerprint density at radius 1 is 1.33 bits per heavy atom. The van der Waals surface area contributed by atoms with Gasteiger partial charge in [0.15, 0.2) is 0 Å². The Bertz CT molecular complexity index is 419. The predicted octanol–water partition coefficient (Wildman–Crippen LogP) is -0.453. The van der Waals surface area contributed by atoms with Gasteiger partial charge in [0.1, 0.15) is 0 Å². The van der Waals surface area contributed by atoms with Crippen LogP contribution in [-0.4, -0.2) is 22.2 Å². The molecule has 0 aromatic carbocycles. The van der Waals surface area contributed by atoms with Crippen LogP contribution in [0.5, 0.6) is 0 Å². The van der Waals surface area contributed by atoms with Gasteiger partial charge in [-0.15, -0.1) is 0 Å². The molecule has 1 N–H and O–H groups in total. The minimum atomic E-state index is -0.263. The Labute approximate surface area is 88.4 Å². The molecule has 0 aliphatic rings. The van der Waals surface area contributed by atoms with Crippen molar-refractivity contribution in [3.63, 3.8) is 0 Å². The number of aromatic nitrogens is 2. The lowest BCUT2D eigenvalue weighted by Crippen LogP contribution is -2.40. The maximum atomic E-state index is 11.6. The van der Waals surface area contributed by atoms with E-state index in [4.69, 9.17) is 0 Å². The van der Waals surface area contributed by atoms with E-state index < -0.39 is 0 Å². The average Bonchev–Trinajstić information content (AvgIpc) is 2.23. The molecule has 1 rings (SSSR count). The molecule has 84 valence electrons. The molecule has 0 radical (unpaired) electrons. The van der Waals surface area contributed by atoms with Crippen molar-refractivity contribution in [2.24, 2.45) is 7.05 Å². The molecular formula is C10H17N3O2. The lowest BCUT2D eigenvalue weighted by Gasteiger charge is -2.06. The molecule has 15 heavy (non-hydrogen) atoms. The standard InChI is InChI=1S/C10H17N3O2/c1-3-5-11-6-8-13-9(14)4-7-12(2)10(13)15/h4,7,11H,3,5-6,8H2,1-2H3. The molecule has 0 aliphatic carbocycles. The van der Waals surface area contributed by atoms with E-state index in [2.05, 4.69) is 12.2 Å². The van der Waals surface area contributed by atoms with Gasteiger partial charge in [0, 0.05) is 32.4 Å². The van der Waals surface area contributed by atoms with Gasteiger partial charge in [-0.2, -0.15) is 0 Å². The van der Waals surface area contributed by atoms with Crippen molar-refractivity contribution in [1.29, 1.82) is 0 Å². The van der Waals surface area contributed by atoms with E-state index in [1.165, 1.54) is 21.4 Å². The summed E-state index contributed by atoms with van der Waals surface area (Å²) in [5.74, 6) is 0. The van der Waals surface area contributed by atoms with Gasteiger partial charge in [-0.25, -0.2) is 4.79 Å². The minimum Gasteiger partial charge on any atom is -0.315 e. The Morgan fingerprint density at radius 3 is 2.73 bits per heavy atom. The van der Waals surface area contributed by atoms with Crippen molar-refractivity contribution in [3.8, 4) is 0 Å². The number of nitrogens with zero attached hydrogens (tertiary/aromatic N) is 2. The fourth-order valence-corrected chi connectivity index (χ4v) is 1.31. The Morgan fingerprint density at radius 2 is 2.07 bits per heavy atom. The number of hydrogen-bond acceptors (Lipinski definition) is 3. The molecule has 1 heterocycles. The fourth-order valence-electron chi connectivity index (χ4n) is 1.31. The quantitative estimate of drug-likeness (QED) is 0.671. The topological polar surface area (TPSA) is 56.0 Å². The summed E-state index contributed by atoms with van der Waals surface area (Å²) < 4.78 is 2.64. The molecule has 5 nitrogen and oxygen atoms in total. The second-order valence-corrected chi connectivity index (χ2v) is 3.45. The van der Waals surface area contributed by atoms with Crippen LogP contribution in [-0.2, 0) is 13.6 Å². The summed E-state index contributed by atoms with van der Waals surface area (Å²) in [6, 6.07) is 1.40. The molecule has 0 saturated carbocycles. The number of rotatable bonds is 5. The summed E-state index contributed by atoms with van der Waals surface area (Å²) in [7, 11) is 1.64. The van der Waals surface area contributed by atoms with Crippen LogP contribution in [0.1, 0.15) is 13.3 Å². The summed E-state index contributed by atoms with van der Waals surface area (Å²) in [6.07, 6.45) is 2.53. The number of hydrogen-bond donors (Lipinski definition) is 1. The Hall–Kier alpha value is -1.36. The van der Waals surface area contributed by atoms with Crippen molar-refractivity contribution in [2.45, 2.75) is 19.9 Å². The van der Waals surface area contributed by atoms with Crippen molar-refractivity contribution in [2.75, 3.05) is 13.1 Å². The monoisotopic (exact) mass is 211 g/mol. The van der Waals surface area contributed by atoms with E-state index in [9.17, 15) is 9.59 Å². The zero-order chi connectivity index (χ0) is 11.3. The molecule has 0 bridgehead atoms. The Kier molecular flexibility index (Phi) is 4.30. The van der Waals surface area contributed by atoms with Crippen LogP contribution < -0.4 is 16.6 Å². The highest BCUT2D eigenvalue weighted by molar-refractivity contribution is 4.85. The van der Waals surface area contributed by atoms with Crippen LogP contribution >= 0.6 is 0 Å². The highest BCUT2D eigenvalue weighted by atomic mass is 16.2. The maximum Gasteiger partial charge on any atom is 0.330 e. The first kappa shape index (κ1) is 11.7. The molecule has 0 unspecified atom stereocenters. The summed E-state index contributed by atoms with van der Waals surface area (Å²) >= 11 is 0. The SMILES string of the molecule is CCCNCCn1c(=O)ccn(C)c1=O. The van der Waals surface area contributed by atoms with Crippen LogP contribution in [0.4, 0.5) is 0 Å². The smallest absolute Gasteiger partial charge is 0.315 e. The molecule has 0 atom stereocenters. The van der Waals surface area contributed by atoms with Crippen LogP contribution in [0, 0.1) is 0 Å². The Balaban J connectivity index is 2.72. The van der Waals surface area contributed by atoms with Gasteiger partial charge in [0.25, 0.3) is 5.56 Å². The van der Waals surface area contributed by atoms with E-state index in [1.807, 2.05) is 0 Å². The normalized spacial score (nSPS) is 10.5. The molecule has 0 spiro atoms. The van der Waals surface area contributed by atoms with E-state index in [-0.39, 0.29) is 11.2 Å². The lowest BCUT2D eigenvalue weighted by molar-refractivity contribution is 0.544. The highest BCUT2D eigenvalue weighted by Crippen LogP contribution is 1.75. The van der Waals surface area contributed by atoms with Gasteiger partial charge in [-0.1, -0.05) is 6.92 Å². The fraction of sp³-hybridized carbons (Fsp3) is 0.600. The van der Waals surface area contributed by atoms with Crippen LogP contribution in [0.3, 0.4) is 0 Å². The van der Waals surface area contributed by atoms with E-state index >= 15 is 0 Å². The molecule has 1 aromatic rings. The first-order valence-electron chi connectivity index (χ1n) is 5.14. The van der Waals surface area contributed by atoms with Crippen molar-refractivity contribution in [3.05, 3.63) is 33.1 Å². The van der Waals surface area contributed by atoms with Crippen LogP contribution in [0.25, 0.3) is 0 Å². The van der Waals surface area contributed by atoms with Gasteiger partial charge >= 0.3 is 5.69 Å². The third-order valence-corrected chi connectivity index (χ3v) is 2.18. The summed E-state index contributed by atoms with van der Waals surface area (Å²) in [5.41, 5.74) is -0.503. The average molecular weight is 211 g/mol. The summed E-state index contributed by atoms with van der Waals surface area (Å²) in [4.78, 5) is 22.9. The van der Waals surface area contributed by atoms with Gasteiger partial charge in [-0.3, -0.25) is 9.36 Å². The third-order valence-electron chi connectivity index (χ3n) is 2.18. The largest absolute Gasteiger partial charge is 0.330 e. The van der Waals surface area contributed by atoms with E-state index in [1.54, 1.807) is 7.05 Å². The molecular weight excluding hydrogens is 194 g/mol. The second-order valence-electron chi connectivity index (χ2n) is 3.45. The molecule has 0 fully saturated rings. The predicted molar refractivity (Wildman–Crippen MR) is 59.1 cm³/mol. The minimum absolute atomic E-state index is 0.239. The molecule has 0 aliphatic heterocycles. The van der Waals surface area contributed by atoms with Crippen molar-refractivity contribution >= 4 is 0 Å². The molecule has 5 heteroatoms. The zero-order valence-corrected chi connectivity index (χ0v) is 9.19. The summed E-state index contributed by atoms with van der Waals surface area (Å²) in [6.45, 7) is 4.04. The van der Waals surface area contributed by atoms with Gasteiger partial charge in [0.05, 0.1) is 0 Å². The maximum absolute atomic E-state index is 11.6. The third kappa shape index (κ3) is 3.06. The number of aryl methyl sites for hydroxylation is 1. The number of nitrogens with one attached hydrogen (secondary N) is 1.